The van der Waals surface area contributed by atoms with E-state index in [1.807, 2.05) is 58.7 Å². The number of hydrogen-bond donors (Lipinski definition) is 0. The molecule has 2 saturated heterocycles. The van der Waals surface area contributed by atoms with Crippen LogP contribution in [0.3, 0.4) is 0 Å². The number of amides is 2. The normalized spacial score (nSPS) is 18.1. The van der Waals surface area contributed by atoms with Crippen molar-refractivity contribution in [2.24, 2.45) is 0 Å². The van der Waals surface area contributed by atoms with Crippen LogP contribution in [0.4, 0.5) is 0 Å². The number of aryl methyl sites for hydroxylation is 1. The molecule has 0 spiro atoms. The summed E-state index contributed by atoms with van der Waals surface area (Å²) in [5, 5.41) is 4.62. The first-order valence-corrected chi connectivity index (χ1v) is 11.5. The molecule has 2 aromatic rings. The third kappa shape index (κ3) is 4.82. The summed E-state index contributed by atoms with van der Waals surface area (Å²) in [4.78, 5) is 32.1. The third-order valence-electron chi connectivity index (χ3n) is 6.48. The van der Waals surface area contributed by atoms with Crippen molar-refractivity contribution in [3.63, 3.8) is 0 Å². The lowest BCUT2D eigenvalue weighted by atomic mass is 10.1. The lowest BCUT2D eigenvalue weighted by molar-refractivity contribution is -0.132. The molecule has 1 aromatic heterocycles. The lowest BCUT2D eigenvalue weighted by Gasteiger charge is -2.35. The average Bonchev–Trinajstić information content (AvgIpc) is 2.96. The van der Waals surface area contributed by atoms with Crippen LogP contribution in [0.5, 0.6) is 0 Å². The molecule has 3 heterocycles. The van der Waals surface area contributed by atoms with E-state index in [2.05, 4.69) is 10.00 Å². The number of carbonyl (C=O) groups is 2. The Morgan fingerprint density at radius 1 is 0.839 bits per heavy atom. The van der Waals surface area contributed by atoms with Gasteiger partial charge in [0.25, 0.3) is 5.91 Å². The Bertz CT molecular complexity index is 908. The molecule has 0 atom stereocenters. The first-order valence-electron chi connectivity index (χ1n) is 11.5. The van der Waals surface area contributed by atoms with Crippen LogP contribution in [0.25, 0.3) is 5.69 Å². The molecule has 7 heteroatoms. The minimum atomic E-state index is 0.0377. The van der Waals surface area contributed by atoms with Crippen LogP contribution in [-0.2, 0) is 4.79 Å². The Kier molecular flexibility index (Phi) is 6.70. The van der Waals surface area contributed by atoms with Gasteiger partial charge < -0.3 is 9.80 Å². The molecule has 0 N–H and O–H groups in total. The second kappa shape index (κ2) is 9.64. The van der Waals surface area contributed by atoms with Crippen molar-refractivity contribution in [3.8, 4) is 5.69 Å². The van der Waals surface area contributed by atoms with Crippen LogP contribution < -0.4 is 0 Å². The van der Waals surface area contributed by atoms with Crippen molar-refractivity contribution in [1.29, 1.82) is 0 Å². The van der Waals surface area contributed by atoms with E-state index in [1.54, 1.807) is 0 Å². The van der Waals surface area contributed by atoms with Gasteiger partial charge in [-0.3, -0.25) is 14.5 Å². The number of piperazine rings is 1. The average molecular weight is 424 g/mol. The summed E-state index contributed by atoms with van der Waals surface area (Å²) < 4.78 is 1.85. The highest BCUT2D eigenvalue weighted by atomic mass is 16.2. The van der Waals surface area contributed by atoms with Gasteiger partial charge >= 0.3 is 0 Å². The third-order valence-corrected chi connectivity index (χ3v) is 6.48. The minimum absolute atomic E-state index is 0.0377. The van der Waals surface area contributed by atoms with Crippen molar-refractivity contribution >= 4 is 11.8 Å². The Morgan fingerprint density at radius 2 is 1.48 bits per heavy atom. The topological polar surface area (TPSA) is 61.7 Å². The highest BCUT2D eigenvalue weighted by Gasteiger charge is 2.28. The molecule has 0 bridgehead atoms. The smallest absolute Gasteiger partial charge is 0.257 e. The van der Waals surface area contributed by atoms with Crippen LogP contribution in [-0.4, -0.2) is 82.1 Å². The zero-order valence-corrected chi connectivity index (χ0v) is 18.7. The maximum absolute atomic E-state index is 13.3. The molecule has 0 radical (unpaired) electrons. The van der Waals surface area contributed by atoms with Gasteiger partial charge in [-0.05, 0) is 38.8 Å². The first kappa shape index (κ1) is 21.6. The zero-order valence-electron chi connectivity index (χ0n) is 18.7. The molecule has 166 valence electrons. The second-order valence-corrected chi connectivity index (χ2v) is 8.66. The van der Waals surface area contributed by atoms with Gasteiger partial charge in [-0.15, -0.1) is 0 Å². The molecule has 0 saturated carbocycles. The van der Waals surface area contributed by atoms with Gasteiger partial charge in [-0.2, -0.15) is 5.10 Å². The van der Waals surface area contributed by atoms with Crippen molar-refractivity contribution in [3.05, 3.63) is 47.3 Å². The number of hydrogen-bond acceptors (Lipinski definition) is 4. The van der Waals surface area contributed by atoms with E-state index in [-0.39, 0.29) is 11.8 Å². The maximum Gasteiger partial charge on any atom is 0.257 e. The maximum atomic E-state index is 13.3. The van der Waals surface area contributed by atoms with Gasteiger partial charge in [0.05, 0.1) is 29.2 Å². The number of aromatic nitrogens is 2. The van der Waals surface area contributed by atoms with E-state index in [9.17, 15) is 9.59 Å². The highest BCUT2D eigenvalue weighted by Crippen LogP contribution is 2.20. The number of para-hydroxylation sites is 1. The molecule has 0 unspecified atom stereocenters. The van der Waals surface area contributed by atoms with Crippen molar-refractivity contribution in [2.75, 3.05) is 45.8 Å². The van der Waals surface area contributed by atoms with Crippen LogP contribution in [0, 0.1) is 13.8 Å². The Hall–Kier alpha value is -2.67. The second-order valence-electron chi connectivity index (χ2n) is 8.66. The van der Waals surface area contributed by atoms with Gasteiger partial charge in [0.15, 0.2) is 0 Å². The lowest BCUT2D eigenvalue weighted by Crippen LogP contribution is -2.51. The Balaban J connectivity index is 1.36. The summed E-state index contributed by atoms with van der Waals surface area (Å²) >= 11 is 0. The fraction of sp³-hybridized carbons (Fsp3) is 0.542. The number of carbonyl (C=O) groups excluding carboxylic acids is 2. The van der Waals surface area contributed by atoms with E-state index in [0.717, 1.165) is 56.1 Å². The molecule has 2 aliphatic rings. The predicted octanol–water partition coefficient (Wildman–Crippen LogP) is 2.65. The van der Waals surface area contributed by atoms with E-state index < -0.39 is 0 Å². The Morgan fingerprint density at radius 3 is 2.13 bits per heavy atom. The molecule has 7 nitrogen and oxygen atoms in total. The van der Waals surface area contributed by atoms with Crippen molar-refractivity contribution < 1.29 is 9.59 Å². The fourth-order valence-electron chi connectivity index (χ4n) is 4.65. The van der Waals surface area contributed by atoms with E-state index in [0.29, 0.717) is 25.2 Å². The quantitative estimate of drug-likeness (QED) is 0.759. The van der Waals surface area contributed by atoms with Crippen LogP contribution in [0.15, 0.2) is 30.3 Å². The molecular weight excluding hydrogens is 390 g/mol. The molecule has 2 amide bonds. The summed E-state index contributed by atoms with van der Waals surface area (Å²) in [6.45, 7) is 8.84. The molecule has 4 rings (SSSR count). The van der Waals surface area contributed by atoms with Crippen molar-refractivity contribution in [1.82, 2.24) is 24.5 Å². The molecule has 2 fully saturated rings. The number of likely N-dealkylation sites (tertiary alicyclic amines) is 1. The predicted molar refractivity (Wildman–Crippen MR) is 120 cm³/mol. The van der Waals surface area contributed by atoms with Crippen LogP contribution in [0.2, 0.25) is 0 Å². The fourth-order valence-corrected chi connectivity index (χ4v) is 4.65. The van der Waals surface area contributed by atoms with Gasteiger partial charge in [0, 0.05) is 39.3 Å². The zero-order chi connectivity index (χ0) is 21.8. The SMILES string of the molecule is Cc1nn(-c2ccccc2)c(C)c1C(=O)N1CCN(CC(=O)N2CCCCCC2)CC1. The highest BCUT2D eigenvalue weighted by molar-refractivity contribution is 5.96. The summed E-state index contributed by atoms with van der Waals surface area (Å²) in [6.07, 6.45) is 4.68. The van der Waals surface area contributed by atoms with Crippen LogP contribution in [0.1, 0.15) is 47.4 Å². The summed E-state index contributed by atoms with van der Waals surface area (Å²) in [7, 11) is 0. The molecular formula is C24H33N5O2. The van der Waals surface area contributed by atoms with Gasteiger partial charge in [0.2, 0.25) is 5.91 Å². The van der Waals surface area contributed by atoms with Gasteiger partial charge in [-0.1, -0.05) is 31.0 Å². The van der Waals surface area contributed by atoms with Gasteiger partial charge in [0.1, 0.15) is 0 Å². The van der Waals surface area contributed by atoms with E-state index in [4.69, 9.17) is 0 Å². The summed E-state index contributed by atoms with van der Waals surface area (Å²) in [6, 6.07) is 9.90. The Labute approximate surface area is 184 Å². The minimum Gasteiger partial charge on any atom is -0.342 e. The number of nitrogens with zero attached hydrogens (tertiary/aromatic N) is 5. The monoisotopic (exact) mass is 423 g/mol. The standard InChI is InChI=1S/C24H33N5O2/c1-19-23(20(2)29(25-19)21-10-6-5-7-11-21)24(31)28-16-14-26(15-17-28)18-22(30)27-12-8-3-4-9-13-27/h5-7,10-11H,3-4,8-9,12-18H2,1-2H3. The van der Waals surface area contributed by atoms with Crippen LogP contribution >= 0.6 is 0 Å². The largest absolute Gasteiger partial charge is 0.342 e. The first-order chi connectivity index (χ1) is 15.0. The number of benzene rings is 1. The molecule has 2 aliphatic heterocycles. The van der Waals surface area contributed by atoms with E-state index >= 15 is 0 Å². The molecule has 0 aliphatic carbocycles. The number of rotatable bonds is 4. The summed E-state index contributed by atoms with van der Waals surface area (Å²) in [5.74, 6) is 0.271. The van der Waals surface area contributed by atoms with Crippen molar-refractivity contribution in [2.45, 2.75) is 39.5 Å². The van der Waals surface area contributed by atoms with E-state index in [1.165, 1.54) is 12.8 Å². The van der Waals surface area contributed by atoms with Gasteiger partial charge in [-0.25, -0.2) is 4.68 Å². The summed E-state index contributed by atoms with van der Waals surface area (Å²) in [5.41, 5.74) is 3.27. The molecule has 31 heavy (non-hydrogen) atoms. The molecule has 1 aromatic carbocycles.